The van der Waals surface area contributed by atoms with Gasteiger partial charge in [0.25, 0.3) is 0 Å². The molecule has 2 atom stereocenters. The van der Waals surface area contributed by atoms with E-state index in [1.165, 1.54) is 11.1 Å². The van der Waals surface area contributed by atoms with Crippen molar-refractivity contribution in [1.29, 1.82) is 0 Å². The highest BCUT2D eigenvalue weighted by atomic mass is 16.1. The Morgan fingerprint density at radius 1 is 1.27 bits per heavy atom. The average molecular weight is 200 g/mol. The maximum atomic E-state index is 11.2. The molecule has 1 aromatic rings. The number of hydrogen-bond donors (Lipinski definition) is 0. The molecule has 15 heavy (non-hydrogen) atoms. The molecule has 0 heterocycles. The van der Waals surface area contributed by atoms with Crippen LogP contribution in [0.5, 0.6) is 0 Å². The van der Waals surface area contributed by atoms with Gasteiger partial charge in [-0.15, -0.1) is 0 Å². The highest BCUT2D eigenvalue weighted by Crippen LogP contribution is 2.36. The minimum absolute atomic E-state index is 0.0335. The van der Waals surface area contributed by atoms with Crippen molar-refractivity contribution in [3.8, 4) is 0 Å². The molecule has 0 saturated heterocycles. The molecule has 1 heteroatoms. The van der Waals surface area contributed by atoms with Crippen molar-refractivity contribution in [3.63, 3.8) is 0 Å². The van der Waals surface area contributed by atoms with E-state index in [1.54, 1.807) is 0 Å². The van der Waals surface area contributed by atoms with E-state index in [4.69, 9.17) is 0 Å². The third kappa shape index (κ3) is 1.74. The molecule has 1 aromatic carbocycles. The molecule has 2 unspecified atom stereocenters. The third-order valence-electron chi connectivity index (χ3n) is 3.18. The molecule has 0 bridgehead atoms. The molecule has 2 rings (SSSR count). The fraction of sp³-hybridized carbons (Fsp3) is 0.357. The molecule has 1 aliphatic carbocycles. The summed E-state index contributed by atoms with van der Waals surface area (Å²) in [4.78, 5) is 11.2. The lowest BCUT2D eigenvalue weighted by Gasteiger charge is -2.28. The van der Waals surface area contributed by atoms with Crippen LogP contribution >= 0.6 is 0 Å². The zero-order valence-electron chi connectivity index (χ0n) is 9.18. The summed E-state index contributed by atoms with van der Waals surface area (Å²) in [5.74, 6) is 0.883. The molecule has 0 aromatic heterocycles. The van der Waals surface area contributed by atoms with E-state index in [1.807, 2.05) is 12.1 Å². The summed E-state index contributed by atoms with van der Waals surface area (Å²) >= 11 is 0. The Morgan fingerprint density at radius 2 is 2.00 bits per heavy atom. The number of aldehydes is 1. The quantitative estimate of drug-likeness (QED) is 0.670. The Morgan fingerprint density at radius 3 is 2.67 bits per heavy atom. The predicted molar refractivity (Wildman–Crippen MR) is 62.6 cm³/mol. The second-order valence-electron chi connectivity index (χ2n) is 4.47. The van der Waals surface area contributed by atoms with Crippen LogP contribution < -0.4 is 0 Å². The first-order valence-corrected chi connectivity index (χ1v) is 5.46. The number of carbonyl (C=O) groups excluding carboxylic acids is 1. The van der Waals surface area contributed by atoms with Gasteiger partial charge in [0.15, 0.2) is 0 Å². The molecule has 0 N–H and O–H groups in total. The number of benzene rings is 1. The van der Waals surface area contributed by atoms with E-state index < -0.39 is 0 Å². The standard InChI is InChI=1S/C14H16O/c1-10(2)12-8-7-11-5-3-4-6-13(11)14(12)9-15/h3-10,12,14H,1-2H3. The topological polar surface area (TPSA) is 17.1 Å². The normalized spacial score (nSPS) is 23.9. The van der Waals surface area contributed by atoms with Gasteiger partial charge in [0.05, 0.1) is 0 Å². The van der Waals surface area contributed by atoms with Gasteiger partial charge in [0.2, 0.25) is 0 Å². The van der Waals surface area contributed by atoms with Gasteiger partial charge in [-0.2, -0.15) is 0 Å². The van der Waals surface area contributed by atoms with Gasteiger partial charge in [0.1, 0.15) is 6.29 Å². The van der Waals surface area contributed by atoms with Gasteiger partial charge in [-0.3, -0.25) is 0 Å². The second-order valence-corrected chi connectivity index (χ2v) is 4.47. The largest absolute Gasteiger partial charge is 0.303 e. The first-order chi connectivity index (χ1) is 7.24. The van der Waals surface area contributed by atoms with Crippen LogP contribution in [-0.4, -0.2) is 6.29 Å². The summed E-state index contributed by atoms with van der Waals surface area (Å²) in [7, 11) is 0. The lowest BCUT2D eigenvalue weighted by molar-refractivity contribution is -0.110. The average Bonchev–Trinajstić information content (AvgIpc) is 2.27. The Hall–Kier alpha value is -1.37. The van der Waals surface area contributed by atoms with Crippen LogP contribution in [0.25, 0.3) is 6.08 Å². The van der Waals surface area contributed by atoms with E-state index in [9.17, 15) is 4.79 Å². The van der Waals surface area contributed by atoms with Crippen molar-refractivity contribution in [2.45, 2.75) is 19.8 Å². The van der Waals surface area contributed by atoms with Gasteiger partial charge >= 0.3 is 0 Å². The Bertz CT molecular complexity index is 390. The van der Waals surface area contributed by atoms with Gasteiger partial charge in [-0.1, -0.05) is 50.3 Å². The lowest BCUT2D eigenvalue weighted by Crippen LogP contribution is -2.21. The van der Waals surface area contributed by atoms with Crippen molar-refractivity contribution in [1.82, 2.24) is 0 Å². The number of hydrogen-bond acceptors (Lipinski definition) is 1. The lowest BCUT2D eigenvalue weighted by atomic mass is 9.75. The van der Waals surface area contributed by atoms with Crippen molar-refractivity contribution in [3.05, 3.63) is 41.5 Å². The minimum atomic E-state index is 0.0335. The fourth-order valence-corrected chi connectivity index (χ4v) is 2.31. The SMILES string of the molecule is CC(C)C1C=Cc2ccccc2C1C=O. The van der Waals surface area contributed by atoms with Crippen LogP contribution in [0.3, 0.4) is 0 Å². The zero-order valence-corrected chi connectivity index (χ0v) is 9.18. The summed E-state index contributed by atoms with van der Waals surface area (Å²) in [6.45, 7) is 4.33. The number of carbonyl (C=O) groups is 1. The second kappa shape index (κ2) is 4.01. The van der Waals surface area contributed by atoms with Crippen LogP contribution in [0.15, 0.2) is 30.3 Å². The minimum Gasteiger partial charge on any atom is -0.303 e. The van der Waals surface area contributed by atoms with Gasteiger partial charge in [0, 0.05) is 5.92 Å². The van der Waals surface area contributed by atoms with Crippen molar-refractivity contribution < 1.29 is 4.79 Å². The molecule has 1 aliphatic rings. The summed E-state index contributed by atoms with van der Waals surface area (Å²) in [5, 5.41) is 0. The Kier molecular flexibility index (Phi) is 2.72. The van der Waals surface area contributed by atoms with E-state index in [-0.39, 0.29) is 5.92 Å². The first kappa shape index (κ1) is 10.2. The van der Waals surface area contributed by atoms with Crippen LogP contribution in [-0.2, 0) is 4.79 Å². The van der Waals surface area contributed by atoms with E-state index in [2.05, 4.69) is 38.1 Å². The fourth-order valence-electron chi connectivity index (χ4n) is 2.31. The van der Waals surface area contributed by atoms with Crippen molar-refractivity contribution >= 4 is 12.4 Å². The Balaban J connectivity index is 2.46. The maximum Gasteiger partial charge on any atom is 0.128 e. The summed E-state index contributed by atoms with van der Waals surface area (Å²) in [6.07, 6.45) is 5.40. The van der Waals surface area contributed by atoms with Gasteiger partial charge < -0.3 is 4.79 Å². The van der Waals surface area contributed by atoms with E-state index in [0.29, 0.717) is 11.8 Å². The van der Waals surface area contributed by atoms with E-state index in [0.717, 1.165) is 6.29 Å². The predicted octanol–water partition coefficient (Wildman–Crippen LogP) is 3.27. The number of rotatable bonds is 2. The molecule has 0 radical (unpaired) electrons. The van der Waals surface area contributed by atoms with Gasteiger partial charge in [-0.05, 0) is 23.0 Å². The smallest absolute Gasteiger partial charge is 0.128 e. The number of allylic oxidation sites excluding steroid dienone is 1. The highest BCUT2D eigenvalue weighted by molar-refractivity contribution is 5.71. The number of fused-ring (bicyclic) bond motifs is 1. The molecular formula is C14H16O. The first-order valence-electron chi connectivity index (χ1n) is 5.46. The molecule has 78 valence electrons. The monoisotopic (exact) mass is 200 g/mol. The van der Waals surface area contributed by atoms with E-state index >= 15 is 0 Å². The molecule has 0 spiro atoms. The molecule has 0 aliphatic heterocycles. The molecule has 1 nitrogen and oxygen atoms in total. The molecule has 0 amide bonds. The van der Waals surface area contributed by atoms with Gasteiger partial charge in [-0.25, -0.2) is 0 Å². The summed E-state index contributed by atoms with van der Waals surface area (Å²) in [5.41, 5.74) is 2.36. The summed E-state index contributed by atoms with van der Waals surface area (Å²) < 4.78 is 0. The van der Waals surface area contributed by atoms with Crippen LogP contribution in [0.2, 0.25) is 0 Å². The van der Waals surface area contributed by atoms with Crippen LogP contribution in [0, 0.1) is 11.8 Å². The molecule has 0 fully saturated rings. The Labute approximate surface area is 90.8 Å². The third-order valence-corrected chi connectivity index (χ3v) is 3.18. The van der Waals surface area contributed by atoms with Crippen LogP contribution in [0.4, 0.5) is 0 Å². The van der Waals surface area contributed by atoms with Crippen molar-refractivity contribution in [2.24, 2.45) is 11.8 Å². The molecule has 0 saturated carbocycles. The highest BCUT2D eigenvalue weighted by Gasteiger charge is 2.27. The molecular weight excluding hydrogens is 184 g/mol. The summed E-state index contributed by atoms with van der Waals surface area (Å²) in [6, 6.07) is 8.15. The van der Waals surface area contributed by atoms with Crippen molar-refractivity contribution in [2.75, 3.05) is 0 Å². The van der Waals surface area contributed by atoms with Crippen LogP contribution in [0.1, 0.15) is 30.9 Å². The zero-order chi connectivity index (χ0) is 10.8. The maximum absolute atomic E-state index is 11.2.